The summed E-state index contributed by atoms with van der Waals surface area (Å²) in [6.45, 7) is 3.47. The van der Waals surface area contributed by atoms with Gasteiger partial charge >= 0.3 is 11.7 Å². The molecule has 0 bridgehead atoms. The number of fused-ring (bicyclic) bond motifs is 1. The zero-order valence-electron chi connectivity index (χ0n) is 14.0. The molecule has 0 saturated heterocycles. The van der Waals surface area contributed by atoms with E-state index in [1.165, 1.54) is 16.2 Å². The molecule has 3 N–H and O–H groups in total. The van der Waals surface area contributed by atoms with Gasteiger partial charge in [-0.1, -0.05) is 6.07 Å². The Morgan fingerprint density at radius 1 is 1.28 bits per heavy atom. The highest BCUT2D eigenvalue weighted by Gasteiger charge is 2.19. The van der Waals surface area contributed by atoms with E-state index < -0.39 is 23.8 Å². The molecule has 2 heterocycles. The monoisotopic (exact) mass is 343 g/mol. The first-order chi connectivity index (χ1) is 11.8. The number of benzene rings is 1. The lowest BCUT2D eigenvalue weighted by atomic mass is 10.1. The number of hydrogen-bond acceptors (Lipinski definition) is 5. The van der Waals surface area contributed by atoms with Gasteiger partial charge in [0.2, 0.25) is 5.95 Å². The van der Waals surface area contributed by atoms with Crippen molar-refractivity contribution in [2.75, 3.05) is 5.32 Å². The first-order valence-electron chi connectivity index (χ1n) is 7.53. The molecule has 1 aromatic carbocycles. The number of nitrogens with one attached hydrogen (secondary N) is 2. The first kappa shape index (κ1) is 16.5. The van der Waals surface area contributed by atoms with Crippen LogP contribution in [0.15, 0.2) is 27.8 Å². The lowest BCUT2D eigenvalue weighted by Crippen LogP contribution is -2.29. The summed E-state index contributed by atoms with van der Waals surface area (Å²) in [6, 6.07) is 5.64. The van der Waals surface area contributed by atoms with E-state index in [1.54, 1.807) is 0 Å². The van der Waals surface area contributed by atoms with E-state index in [-0.39, 0.29) is 17.1 Å². The number of hydrogen-bond donors (Lipinski definition) is 3. The Morgan fingerprint density at radius 3 is 2.64 bits per heavy atom. The number of carboxylic acids is 1. The Labute approximate surface area is 141 Å². The molecule has 9 nitrogen and oxygen atoms in total. The zero-order chi connectivity index (χ0) is 18.3. The van der Waals surface area contributed by atoms with E-state index in [1.807, 2.05) is 32.0 Å². The van der Waals surface area contributed by atoms with Crippen molar-refractivity contribution < 1.29 is 9.90 Å². The standard InChI is InChI=1S/C16H17N5O4/c1-8-4-5-10(6-9(8)2)17-15-18-13-12(21(15)7-11(22)23)14(24)19-16(25)20(13)3/h4-6H,7H2,1-3H3,(H,17,18)(H,22,23)(H,19,24,25). The van der Waals surface area contributed by atoms with Crippen LogP contribution >= 0.6 is 0 Å². The van der Waals surface area contributed by atoms with Gasteiger partial charge in [-0.05, 0) is 37.1 Å². The number of anilines is 2. The minimum absolute atomic E-state index is 0.0239. The van der Waals surface area contributed by atoms with Gasteiger partial charge in [0.05, 0.1) is 0 Å². The maximum atomic E-state index is 12.2. The Hall–Kier alpha value is -3.36. The van der Waals surface area contributed by atoms with Crippen LogP contribution in [0, 0.1) is 13.8 Å². The SMILES string of the molecule is Cc1ccc(Nc2nc3c(c(=O)[nH]c(=O)n3C)n2CC(=O)O)cc1C. The van der Waals surface area contributed by atoms with Crippen LogP contribution in [0.1, 0.15) is 11.1 Å². The van der Waals surface area contributed by atoms with Gasteiger partial charge in [0.15, 0.2) is 11.2 Å². The Balaban J connectivity index is 2.22. The van der Waals surface area contributed by atoms with Crippen molar-refractivity contribution >= 4 is 28.8 Å². The highest BCUT2D eigenvalue weighted by Crippen LogP contribution is 2.22. The van der Waals surface area contributed by atoms with Crippen LogP contribution < -0.4 is 16.6 Å². The topological polar surface area (TPSA) is 122 Å². The van der Waals surface area contributed by atoms with Crippen LogP contribution in [-0.4, -0.2) is 30.2 Å². The number of aliphatic carboxylic acids is 1. The number of imidazole rings is 1. The van der Waals surface area contributed by atoms with E-state index in [2.05, 4.69) is 15.3 Å². The molecule has 0 radical (unpaired) electrons. The van der Waals surface area contributed by atoms with Crippen LogP contribution in [0.4, 0.5) is 11.6 Å². The normalized spacial score (nSPS) is 11.0. The Morgan fingerprint density at radius 2 is 2.00 bits per heavy atom. The second-order valence-corrected chi connectivity index (χ2v) is 5.83. The van der Waals surface area contributed by atoms with Gasteiger partial charge in [-0.25, -0.2) is 4.79 Å². The lowest BCUT2D eigenvalue weighted by molar-refractivity contribution is -0.137. The molecule has 130 valence electrons. The second-order valence-electron chi connectivity index (χ2n) is 5.83. The molecular formula is C16H17N5O4. The molecule has 3 aromatic rings. The van der Waals surface area contributed by atoms with E-state index in [4.69, 9.17) is 0 Å². The summed E-state index contributed by atoms with van der Waals surface area (Å²) in [5, 5.41) is 12.2. The second kappa shape index (κ2) is 5.93. The van der Waals surface area contributed by atoms with Crippen molar-refractivity contribution in [3.63, 3.8) is 0 Å². The maximum absolute atomic E-state index is 12.2. The van der Waals surface area contributed by atoms with Crippen LogP contribution in [0.25, 0.3) is 11.2 Å². The fourth-order valence-corrected chi connectivity index (χ4v) is 2.57. The molecule has 0 amide bonds. The molecule has 0 saturated carbocycles. The van der Waals surface area contributed by atoms with E-state index >= 15 is 0 Å². The van der Waals surface area contributed by atoms with E-state index in [0.29, 0.717) is 5.69 Å². The average Bonchev–Trinajstić information content (AvgIpc) is 2.87. The molecule has 0 atom stereocenters. The minimum atomic E-state index is -1.13. The highest BCUT2D eigenvalue weighted by atomic mass is 16.4. The molecule has 25 heavy (non-hydrogen) atoms. The number of carbonyl (C=O) groups is 1. The largest absolute Gasteiger partial charge is 0.480 e. The molecule has 0 fully saturated rings. The van der Waals surface area contributed by atoms with Crippen molar-refractivity contribution in [3.05, 3.63) is 50.2 Å². The quantitative estimate of drug-likeness (QED) is 0.646. The fourth-order valence-electron chi connectivity index (χ4n) is 2.57. The molecular weight excluding hydrogens is 326 g/mol. The number of aryl methyl sites for hydroxylation is 3. The van der Waals surface area contributed by atoms with Crippen molar-refractivity contribution in [3.8, 4) is 0 Å². The molecule has 0 aliphatic carbocycles. The van der Waals surface area contributed by atoms with Gasteiger partial charge in [-0.2, -0.15) is 4.98 Å². The molecule has 0 aliphatic heterocycles. The number of nitrogens with zero attached hydrogens (tertiary/aromatic N) is 3. The van der Waals surface area contributed by atoms with Gasteiger partial charge in [0, 0.05) is 12.7 Å². The van der Waals surface area contributed by atoms with Gasteiger partial charge in [-0.15, -0.1) is 0 Å². The third kappa shape index (κ3) is 2.91. The van der Waals surface area contributed by atoms with Gasteiger partial charge in [0.25, 0.3) is 5.56 Å². The van der Waals surface area contributed by atoms with Crippen LogP contribution in [0.5, 0.6) is 0 Å². The average molecular weight is 343 g/mol. The van der Waals surface area contributed by atoms with Crippen molar-refractivity contribution in [1.29, 1.82) is 0 Å². The zero-order valence-corrected chi connectivity index (χ0v) is 14.0. The van der Waals surface area contributed by atoms with Crippen molar-refractivity contribution in [1.82, 2.24) is 19.1 Å². The van der Waals surface area contributed by atoms with Crippen LogP contribution in [-0.2, 0) is 18.4 Å². The van der Waals surface area contributed by atoms with Crippen molar-refractivity contribution in [2.45, 2.75) is 20.4 Å². The predicted octanol–water partition coefficient (Wildman–Crippen LogP) is 0.868. The van der Waals surface area contributed by atoms with Crippen molar-refractivity contribution in [2.24, 2.45) is 7.05 Å². The number of rotatable bonds is 4. The molecule has 2 aromatic heterocycles. The number of H-pyrrole nitrogens is 1. The summed E-state index contributed by atoms with van der Waals surface area (Å²) >= 11 is 0. The summed E-state index contributed by atoms with van der Waals surface area (Å²) in [7, 11) is 1.46. The minimum Gasteiger partial charge on any atom is -0.480 e. The molecule has 0 aliphatic rings. The summed E-state index contributed by atoms with van der Waals surface area (Å²) in [6.07, 6.45) is 0. The predicted molar refractivity (Wildman–Crippen MR) is 92.4 cm³/mol. The smallest absolute Gasteiger partial charge is 0.329 e. The molecule has 0 unspecified atom stereocenters. The van der Waals surface area contributed by atoms with Gasteiger partial charge in [0.1, 0.15) is 6.54 Å². The van der Waals surface area contributed by atoms with Gasteiger partial charge < -0.3 is 10.4 Å². The Kier molecular flexibility index (Phi) is 3.91. The highest BCUT2D eigenvalue weighted by molar-refractivity contribution is 5.78. The van der Waals surface area contributed by atoms with E-state index in [0.717, 1.165) is 11.1 Å². The van der Waals surface area contributed by atoms with E-state index in [9.17, 15) is 19.5 Å². The third-order valence-electron chi connectivity index (χ3n) is 4.06. The third-order valence-corrected chi connectivity index (χ3v) is 4.06. The van der Waals surface area contributed by atoms with Crippen LogP contribution in [0.3, 0.4) is 0 Å². The van der Waals surface area contributed by atoms with Gasteiger partial charge in [-0.3, -0.25) is 23.7 Å². The summed E-state index contributed by atoms with van der Waals surface area (Å²) in [5.74, 6) is -0.956. The lowest BCUT2D eigenvalue weighted by Gasteiger charge is -2.10. The summed E-state index contributed by atoms with van der Waals surface area (Å²) < 4.78 is 2.41. The Bertz CT molecular complexity index is 1110. The summed E-state index contributed by atoms with van der Waals surface area (Å²) in [5.41, 5.74) is 1.71. The molecule has 0 spiro atoms. The molecule has 3 rings (SSSR count). The molecule has 9 heteroatoms. The van der Waals surface area contributed by atoms with Crippen LogP contribution in [0.2, 0.25) is 0 Å². The maximum Gasteiger partial charge on any atom is 0.329 e. The number of aromatic nitrogens is 4. The first-order valence-corrected chi connectivity index (χ1v) is 7.53. The number of aromatic amines is 1. The summed E-state index contributed by atoms with van der Waals surface area (Å²) in [4.78, 5) is 41.6. The number of carboxylic acid groups (broad SMARTS) is 1. The fraction of sp³-hybridized carbons (Fsp3) is 0.250.